The molecule has 0 spiro atoms. The molecule has 3 nitrogen and oxygen atoms in total. The van der Waals surface area contributed by atoms with Crippen molar-refractivity contribution in [3.8, 4) is 0 Å². The second-order valence-electron chi connectivity index (χ2n) is 4.90. The molecule has 0 heterocycles. The summed E-state index contributed by atoms with van der Waals surface area (Å²) < 4.78 is 5.59. The number of hydrogen-bond donors (Lipinski definition) is 0. The van der Waals surface area contributed by atoms with Gasteiger partial charge in [-0.15, -0.1) is 0 Å². The zero-order valence-electron chi connectivity index (χ0n) is 12.5. The fourth-order valence-corrected chi connectivity index (χ4v) is 2.24. The Kier molecular flexibility index (Phi) is 5.38. The van der Waals surface area contributed by atoms with E-state index >= 15 is 0 Å². The van der Waals surface area contributed by atoms with Crippen LogP contribution in [0.25, 0.3) is 0 Å². The van der Waals surface area contributed by atoms with Gasteiger partial charge in [-0.05, 0) is 37.6 Å². The number of nitrogens with zero attached hydrogens (tertiary/aromatic N) is 1. The van der Waals surface area contributed by atoms with Crippen LogP contribution in [-0.4, -0.2) is 18.7 Å². The van der Waals surface area contributed by atoms with Gasteiger partial charge in [0.05, 0.1) is 5.56 Å². The number of rotatable bonds is 6. The van der Waals surface area contributed by atoms with Crippen LogP contribution >= 0.6 is 0 Å². The van der Waals surface area contributed by atoms with E-state index in [2.05, 4.69) is 11.8 Å². The molecule has 1 unspecified atom stereocenters. The number of carbonyl (C=O) groups excluding carboxylic acids is 1. The van der Waals surface area contributed by atoms with Crippen molar-refractivity contribution in [1.29, 1.82) is 0 Å². The van der Waals surface area contributed by atoms with E-state index in [-0.39, 0.29) is 12.2 Å². The van der Waals surface area contributed by atoms with E-state index in [0.29, 0.717) is 5.56 Å². The van der Waals surface area contributed by atoms with Crippen LogP contribution in [0.3, 0.4) is 0 Å². The normalized spacial score (nSPS) is 11.7. The summed E-state index contributed by atoms with van der Waals surface area (Å²) in [5.41, 5.74) is 1.64. The molecule has 3 heteroatoms. The van der Waals surface area contributed by atoms with Gasteiger partial charge < -0.3 is 9.64 Å². The molecule has 1 atom stereocenters. The zero-order chi connectivity index (χ0) is 15.1. The van der Waals surface area contributed by atoms with Crippen molar-refractivity contribution < 1.29 is 9.53 Å². The first-order valence-electron chi connectivity index (χ1n) is 7.30. The lowest BCUT2D eigenvalue weighted by Crippen LogP contribution is -2.37. The highest BCUT2D eigenvalue weighted by Crippen LogP contribution is 2.18. The van der Waals surface area contributed by atoms with Crippen LogP contribution < -0.4 is 4.90 Å². The number of esters is 1. The van der Waals surface area contributed by atoms with Crippen molar-refractivity contribution in [2.45, 2.75) is 26.5 Å². The van der Waals surface area contributed by atoms with Crippen molar-refractivity contribution in [1.82, 2.24) is 0 Å². The number of ether oxygens (including phenoxy) is 1. The summed E-state index contributed by atoms with van der Waals surface area (Å²) in [6.07, 6.45) is 0.683. The van der Waals surface area contributed by atoms with Crippen LogP contribution in [0.2, 0.25) is 0 Å². The molecule has 0 aromatic heterocycles. The van der Waals surface area contributed by atoms with E-state index in [1.54, 1.807) is 12.1 Å². The van der Waals surface area contributed by atoms with Gasteiger partial charge in [0.25, 0.3) is 0 Å². The lowest BCUT2D eigenvalue weighted by molar-refractivity contribution is 0.0334. The Labute approximate surface area is 126 Å². The smallest absolute Gasteiger partial charge is 0.340 e. The molecule has 0 N–H and O–H groups in total. The SMILES string of the molecule is CCCN(c1ccccc1)C(C)OC(=O)c1ccccc1. The summed E-state index contributed by atoms with van der Waals surface area (Å²) in [6.45, 7) is 4.86. The Morgan fingerprint density at radius 1 is 1.05 bits per heavy atom. The molecule has 21 heavy (non-hydrogen) atoms. The number of hydrogen-bond acceptors (Lipinski definition) is 3. The standard InChI is InChI=1S/C18H21NO2/c1-3-14-19(17-12-8-5-9-13-17)15(2)21-18(20)16-10-6-4-7-11-16/h4-13,15H,3,14H2,1-2H3. The molecule has 0 saturated carbocycles. The van der Waals surface area contributed by atoms with Crippen molar-refractivity contribution in [2.24, 2.45) is 0 Å². The maximum absolute atomic E-state index is 12.1. The van der Waals surface area contributed by atoms with E-state index in [1.807, 2.05) is 55.5 Å². The minimum Gasteiger partial charge on any atom is -0.438 e. The Morgan fingerprint density at radius 3 is 2.19 bits per heavy atom. The van der Waals surface area contributed by atoms with Crippen LogP contribution in [0.4, 0.5) is 5.69 Å². The molecular weight excluding hydrogens is 262 g/mol. The van der Waals surface area contributed by atoms with E-state index < -0.39 is 0 Å². The molecule has 0 amide bonds. The summed E-state index contributed by atoms with van der Waals surface area (Å²) in [6, 6.07) is 19.1. The molecule has 2 rings (SSSR count). The first-order chi connectivity index (χ1) is 10.2. The fourth-order valence-electron chi connectivity index (χ4n) is 2.24. The molecule has 0 fully saturated rings. The van der Waals surface area contributed by atoms with Crippen LogP contribution in [0, 0.1) is 0 Å². The van der Waals surface area contributed by atoms with Crippen molar-refractivity contribution in [2.75, 3.05) is 11.4 Å². The molecule has 2 aromatic rings. The van der Waals surface area contributed by atoms with E-state index in [0.717, 1.165) is 18.7 Å². The van der Waals surface area contributed by atoms with Gasteiger partial charge in [-0.25, -0.2) is 4.79 Å². The van der Waals surface area contributed by atoms with Crippen LogP contribution in [0.1, 0.15) is 30.6 Å². The maximum Gasteiger partial charge on any atom is 0.340 e. The van der Waals surface area contributed by atoms with Gasteiger partial charge in [0.15, 0.2) is 6.23 Å². The predicted octanol–water partition coefficient (Wildman–Crippen LogP) is 4.11. The largest absolute Gasteiger partial charge is 0.438 e. The molecular formula is C18H21NO2. The third-order valence-electron chi connectivity index (χ3n) is 3.28. The first kappa shape index (κ1) is 15.1. The third-order valence-corrected chi connectivity index (χ3v) is 3.28. The second-order valence-corrected chi connectivity index (χ2v) is 4.90. The molecule has 0 saturated heterocycles. The van der Waals surface area contributed by atoms with Crippen molar-refractivity contribution >= 4 is 11.7 Å². The van der Waals surface area contributed by atoms with Crippen LogP contribution in [-0.2, 0) is 4.74 Å². The van der Waals surface area contributed by atoms with Gasteiger partial charge >= 0.3 is 5.97 Å². The minimum atomic E-state index is -0.306. The molecule has 110 valence electrons. The highest BCUT2D eigenvalue weighted by molar-refractivity contribution is 5.89. The summed E-state index contributed by atoms with van der Waals surface area (Å²) in [5, 5.41) is 0. The Balaban J connectivity index is 2.09. The number of para-hydroxylation sites is 1. The van der Waals surface area contributed by atoms with Gasteiger partial charge in [-0.2, -0.15) is 0 Å². The quantitative estimate of drug-likeness (QED) is 0.590. The predicted molar refractivity (Wildman–Crippen MR) is 85.4 cm³/mol. The van der Waals surface area contributed by atoms with E-state index in [1.165, 1.54) is 0 Å². The molecule has 0 aliphatic carbocycles. The summed E-state index contributed by atoms with van der Waals surface area (Å²) >= 11 is 0. The summed E-state index contributed by atoms with van der Waals surface area (Å²) in [4.78, 5) is 14.2. The number of anilines is 1. The van der Waals surface area contributed by atoms with Crippen molar-refractivity contribution in [3.05, 3.63) is 66.2 Å². The van der Waals surface area contributed by atoms with Gasteiger partial charge in [-0.1, -0.05) is 43.3 Å². The molecule has 0 bridgehead atoms. The molecule has 0 radical (unpaired) electrons. The Bertz CT molecular complexity index is 554. The lowest BCUT2D eigenvalue weighted by Gasteiger charge is -2.30. The highest BCUT2D eigenvalue weighted by atomic mass is 16.6. The maximum atomic E-state index is 12.1. The minimum absolute atomic E-state index is 0.292. The second kappa shape index (κ2) is 7.48. The van der Waals surface area contributed by atoms with E-state index in [9.17, 15) is 4.79 Å². The van der Waals surface area contributed by atoms with E-state index in [4.69, 9.17) is 4.74 Å². The fraction of sp³-hybridized carbons (Fsp3) is 0.278. The molecule has 0 aliphatic rings. The highest BCUT2D eigenvalue weighted by Gasteiger charge is 2.18. The summed E-state index contributed by atoms with van der Waals surface area (Å²) in [5.74, 6) is -0.292. The average Bonchev–Trinajstić information content (AvgIpc) is 2.54. The first-order valence-corrected chi connectivity index (χ1v) is 7.30. The molecule has 2 aromatic carbocycles. The van der Waals surface area contributed by atoms with Crippen LogP contribution in [0.5, 0.6) is 0 Å². The topological polar surface area (TPSA) is 29.5 Å². The summed E-state index contributed by atoms with van der Waals surface area (Å²) in [7, 11) is 0. The van der Waals surface area contributed by atoms with Crippen LogP contribution in [0.15, 0.2) is 60.7 Å². The van der Waals surface area contributed by atoms with Gasteiger partial charge in [-0.3, -0.25) is 0 Å². The Hall–Kier alpha value is -2.29. The number of carbonyl (C=O) groups is 1. The van der Waals surface area contributed by atoms with Crippen molar-refractivity contribution in [3.63, 3.8) is 0 Å². The molecule has 0 aliphatic heterocycles. The average molecular weight is 283 g/mol. The lowest BCUT2D eigenvalue weighted by atomic mass is 10.2. The van der Waals surface area contributed by atoms with Gasteiger partial charge in [0.2, 0.25) is 0 Å². The number of benzene rings is 2. The van der Waals surface area contributed by atoms with Gasteiger partial charge in [0, 0.05) is 12.2 Å². The van der Waals surface area contributed by atoms with Gasteiger partial charge in [0.1, 0.15) is 0 Å². The zero-order valence-corrected chi connectivity index (χ0v) is 12.5. The Morgan fingerprint density at radius 2 is 1.62 bits per heavy atom. The monoisotopic (exact) mass is 283 g/mol. The third kappa shape index (κ3) is 4.09.